The van der Waals surface area contributed by atoms with Crippen molar-refractivity contribution in [3.8, 4) is 0 Å². The predicted molar refractivity (Wildman–Crippen MR) is 50.6 cm³/mol. The van der Waals surface area contributed by atoms with Crippen molar-refractivity contribution in [2.75, 3.05) is 13.7 Å². The van der Waals surface area contributed by atoms with Gasteiger partial charge in [0, 0.05) is 18.5 Å². The van der Waals surface area contributed by atoms with Gasteiger partial charge in [0.2, 0.25) is 0 Å². The minimum Gasteiger partial charge on any atom is -0.378 e. The van der Waals surface area contributed by atoms with E-state index in [2.05, 4.69) is 15.9 Å². The zero-order chi connectivity index (χ0) is 8.55. The molecule has 3 heteroatoms. The molecule has 0 radical (unpaired) electrons. The van der Waals surface area contributed by atoms with Gasteiger partial charge in [-0.25, -0.2) is 0 Å². The molecule has 2 aliphatic carbocycles. The van der Waals surface area contributed by atoms with Crippen molar-refractivity contribution in [1.82, 2.24) is 0 Å². The maximum absolute atomic E-state index is 5.72. The number of hydrogen-bond donors (Lipinski definition) is 0. The van der Waals surface area contributed by atoms with Gasteiger partial charge in [-0.3, -0.25) is 0 Å². The van der Waals surface area contributed by atoms with Gasteiger partial charge in [0.1, 0.15) is 0 Å². The van der Waals surface area contributed by atoms with E-state index in [1.807, 2.05) is 0 Å². The lowest BCUT2D eigenvalue weighted by Gasteiger charge is -2.40. The van der Waals surface area contributed by atoms with Gasteiger partial charge in [-0.2, -0.15) is 0 Å². The molecule has 2 saturated carbocycles. The van der Waals surface area contributed by atoms with E-state index in [0.717, 1.165) is 18.9 Å². The quantitative estimate of drug-likeness (QED) is 0.693. The van der Waals surface area contributed by atoms with Crippen molar-refractivity contribution in [1.29, 1.82) is 0 Å². The summed E-state index contributed by atoms with van der Waals surface area (Å²) in [5.74, 6) is 0.858. The Morgan fingerprint density at radius 2 is 2.17 bits per heavy atom. The van der Waals surface area contributed by atoms with Crippen LogP contribution in [-0.4, -0.2) is 30.8 Å². The van der Waals surface area contributed by atoms with Crippen molar-refractivity contribution in [3.05, 3.63) is 0 Å². The molecule has 0 N–H and O–H groups in total. The molecule has 70 valence electrons. The van der Waals surface area contributed by atoms with E-state index in [4.69, 9.17) is 9.47 Å². The summed E-state index contributed by atoms with van der Waals surface area (Å²) < 4.78 is 11.0. The Balaban J connectivity index is 1.66. The van der Waals surface area contributed by atoms with Crippen LogP contribution in [0.4, 0.5) is 0 Å². The molecule has 0 bridgehead atoms. The van der Waals surface area contributed by atoms with Gasteiger partial charge in [0.15, 0.2) is 0 Å². The van der Waals surface area contributed by atoms with Gasteiger partial charge in [0.05, 0.1) is 12.2 Å². The van der Waals surface area contributed by atoms with Crippen LogP contribution in [0.1, 0.15) is 19.3 Å². The molecule has 0 aromatic carbocycles. The highest BCUT2D eigenvalue weighted by atomic mass is 79.9. The smallest absolute Gasteiger partial charge is 0.0958 e. The number of alkyl halides is 1. The van der Waals surface area contributed by atoms with Crippen LogP contribution in [0.2, 0.25) is 0 Å². The summed E-state index contributed by atoms with van der Waals surface area (Å²) in [5, 5.41) is 0. The summed E-state index contributed by atoms with van der Waals surface area (Å²) in [5.41, 5.74) is 0. The zero-order valence-corrected chi connectivity index (χ0v) is 8.92. The number of methoxy groups -OCH3 is 1. The molecule has 2 nitrogen and oxygen atoms in total. The van der Waals surface area contributed by atoms with Gasteiger partial charge < -0.3 is 9.47 Å². The molecule has 2 aliphatic rings. The number of ether oxygens (including phenoxy) is 2. The molecule has 12 heavy (non-hydrogen) atoms. The van der Waals surface area contributed by atoms with Crippen molar-refractivity contribution in [2.45, 2.75) is 36.3 Å². The standard InChI is InChI=1S/C9H15BrO2/c1-11-9-7(10)4-8(9)12-5-6-2-3-6/h6-9H,2-5H2,1H3. The SMILES string of the molecule is COC1C(Br)CC1OCC1CC1. The fraction of sp³-hybridized carbons (Fsp3) is 1.00. The molecule has 0 saturated heterocycles. The van der Waals surface area contributed by atoms with E-state index in [0.29, 0.717) is 10.9 Å². The lowest BCUT2D eigenvalue weighted by Crippen LogP contribution is -2.50. The van der Waals surface area contributed by atoms with Gasteiger partial charge in [-0.05, 0) is 25.2 Å². The van der Waals surface area contributed by atoms with Crippen LogP contribution >= 0.6 is 15.9 Å². The highest BCUT2D eigenvalue weighted by molar-refractivity contribution is 9.09. The Morgan fingerprint density at radius 3 is 2.67 bits per heavy atom. The van der Waals surface area contributed by atoms with E-state index in [1.165, 1.54) is 12.8 Å². The Labute approximate surface area is 81.7 Å². The minimum atomic E-state index is 0.281. The molecule has 0 heterocycles. The molecule has 2 fully saturated rings. The third-order valence-electron chi connectivity index (χ3n) is 2.70. The van der Waals surface area contributed by atoms with E-state index >= 15 is 0 Å². The summed E-state index contributed by atoms with van der Waals surface area (Å²) in [7, 11) is 1.76. The van der Waals surface area contributed by atoms with Gasteiger partial charge in [-0.15, -0.1) is 0 Å². The molecular formula is C9H15BrO2. The predicted octanol–water partition coefficient (Wildman–Crippen LogP) is 1.96. The normalized spacial score (nSPS) is 41.0. The number of hydrogen-bond acceptors (Lipinski definition) is 2. The van der Waals surface area contributed by atoms with Crippen LogP contribution in [0, 0.1) is 5.92 Å². The zero-order valence-electron chi connectivity index (χ0n) is 7.33. The number of rotatable bonds is 4. The van der Waals surface area contributed by atoms with Crippen LogP contribution in [0.25, 0.3) is 0 Å². The third-order valence-corrected chi connectivity index (χ3v) is 3.59. The Morgan fingerprint density at radius 1 is 1.42 bits per heavy atom. The van der Waals surface area contributed by atoms with Gasteiger partial charge >= 0.3 is 0 Å². The van der Waals surface area contributed by atoms with Crippen LogP contribution in [0.15, 0.2) is 0 Å². The van der Waals surface area contributed by atoms with Crippen molar-refractivity contribution in [3.63, 3.8) is 0 Å². The van der Waals surface area contributed by atoms with Crippen molar-refractivity contribution in [2.24, 2.45) is 5.92 Å². The molecule has 0 aliphatic heterocycles. The molecular weight excluding hydrogens is 220 g/mol. The first-order valence-corrected chi connectivity index (χ1v) is 5.51. The maximum Gasteiger partial charge on any atom is 0.0958 e. The Hall–Kier alpha value is 0.400. The van der Waals surface area contributed by atoms with E-state index in [1.54, 1.807) is 7.11 Å². The van der Waals surface area contributed by atoms with Crippen LogP contribution in [0.5, 0.6) is 0 Å². The molecule has 0 aromatic rings. The second-order valence-corrected chi connectivity index (χ2v) is 4.94. The topological polar surface area (TPSA) is 18.5 Å². The Kier molecular flexibility index (Phi) is 2.72. The third kappa shape index (κ3) is 1.83. The molecule has 0 amide bonds. The first kappa shape index (κ1) is 8.97. The van der Waals surface area contributed by atoms with Crippen LogP contribution in [-0.2, 0) is 9.47 Å². The van der Waals surface area contributed by atoms with Gasteiger partial charge in [0.25, 0.3) is 0 Å². The summed E-state index contributed by atoms with van der Waals surface area (Å²) in [4.78, 5) is 0.506. The second kappa shape index (κ2) is 3.64. The molecule has 0 spiro atoms. The molecule has 2 rings (SSSR count). The molecule has 3 atom stereocenters. The highest BCUT2D eigenvalue weighted by Gasteiger charge is 2.41. The first-order valence-electron chi connectivity index (χ1n) is 4.59. The number of halogens is 1. The summed E-state index contributed by atoms with van der Waals surface area (Å²) >= 11 is 3.54. The fourth-order valence-corrected chi connectivity index (χ4v) is 2.46. The van der Waals surface area contributed by atoms with Crippen molar-refractivity contribution >= 4 is 15.9 Å². The minimum absolute atomic E-state index is 0.281. The van der Waals surface area contributed by atoms with Crippen molar-refractivity contribution < 1.29 is 9.47 Å². The fourth-order valence-electron chi connectivity index (χ4n) is 1.53. The lowest BCUT2D eigenvalue weighted by molar-refractivity contribution is -0.109. The summed E-state index contributed by atoms with van der Waals surface area (Å²) in [6, 6.07) is 0. The van der Waals surface area contributed by atoms with Crippen LogP contribution < -0.4 is 0 Å². The Bertz CT molecular complexity index is 159. The van der Waals surface area contributed by atoms with E-state index < -0.39 is 0 Å². The molecule has 0 aromatic heterocycles. The average molecular weight is 235 g/mol. The van der Waals surface area contributed by atoms with E-state index in [9.17, 15) is 0 Å². The highest BCUT2D eigenvalue weighted by Crippen LogP contribution is 2.35. The maximum atomic E-state index is 5.72. The second-order valence-electron chi connectivity index (χ2n) is 3.77. The summed E-state index contributed by atoms with van der Waals surface area (Å²) in [6.07, 6.45) is 4.46. The first-order chi connectivity index (χ1) is 5.81. The molecule has 3 unspecified atom stereocenters. The van der Waals surface area contributed by atoms with Gasteiger partial charge in [-0.1, -0.05) is 15.9 Å². The lowest BCUT2D eigenvalue weighted by atomic mass is 9.91. The van der Waals surface area contributed by atoms with Crippen LogP contribution in [0.3, 0.4) is 0 Å². The van der Waals surface area contributed by atoms with E-state index in [-0.39, 0.29) is 6.10 Å². The summed E-state index contributed by atoms with van der Waals surface area (Å²) in [6.45, 7) is 0.949. The largest absolute Gasteiger partial charge is 0.378 e. The monoisotopic (exact) mass is 234 g/mol. The average Bonchev–Trinajstić information content (AvgIpc) is 2.81.